The van der Waals surface area contributed by atoms with E-state index < -0.39 is 41.8 Å². The molecule has 0 saturated carbocycles. The number of oxime groups is 1. The molecule has 4 rings (SSSR count). The lowest BCUT2D eigenvalue weighted by Crippen LogP contribution is -2.66. The molecular formula is C26H26N4O6S. The van der Waals surface area contributed by atoms with Crippen LogP contribution in [-0.2, 0) is 24.0 Å². The second kappa shape index (κ2) is 10.9. The number of carbonyl (C=O) groups excluding carboxylic acids is 3. The van der Waals surface area contributed by atoms with Crippen molar-refractivity contribution in [1.82, 2.24) is 10.0 Å². The molecule has 1 aromatic heterocycles. The Balaban J connectivity index is 1.47. The van der Waals surface area contributed by atoms with E-state index in [1.54, 1.807) is 13.8 Å². The van der Waals surface area contributed by atoms with E-state index in [4.69, 9.17) is 15.3 Å². The van der Waals surface area contributed by atoms with E-state index >= 15 is 0 Å². The van der Waals surface area contributed by atoms with Crippen LogP contribution in [0.4, 0.5) is 5.13 Å². The third kappa shape index (κ3) is 5.68. The number of hydroxylamine groups is 2. The SMILES string of the molecule is CC1(C)[C@H](CC(=O)/C(=N\OCC(=O)OC(c2ccccc2)c2ccccc2)c2csc(N)n2)C(=O)N1O. The van der Waals surface area contributed by atoms with Crippen LogP contribution in [0.5, 0.6) is 0 Å². The molecule has 3 N–H and O–H groups in total. The summed E-state index contributed by atoms with van der Waals surface area (Å²) >= 11 is 1.10. The van der Waals surface area contributed by atoms with Gasteiger partial charge in [-0.25, -0.2) is 14.8 Å². The van der Waals surface area contributed by atoms with Gasteiger partial charge in [0.1, 0.15) is 5.69 Å². The van der Waals surface area contributed by atoms with Gasteiger partial charge in [0.05, 0.1) is 11.5 Å². The quantitative estimate of drug-likeness (QED) is 0.136. The van der Waals surface area contributed by atoms with Crippen molar-refractivity contribution in [1.29, 1.82) is 0 Å². The number of hydrogen-bond acceptors (Lipinski definition) is 10. The summed E-state index contributed by atoms with van der Waals surface area (Å²) in [7, 11) is 0. The number of thiazole rings is 1. The van der Waals surface area contributed by atoms with Gasteiger partial charge in [0.25, 0.3) is 5.91 Å². The topological polar surface area (TPSA) is 144 Å². The molecule has 2 heterocycles. The Kier molecular flexibility index (Phi) is 7.65. The molecule has 37 heavy (non-hydrogen) atoms. The number of amides is 1. The van der Waals surface area contributed by atoms with Gasteiger partial charge in [0.15, 0.2) is 22.7 Å². The average Bonchev–Trinajstić information content (AvgIpc) is 3.34. The van der Waals surface area contributed by atoms with Crippen molar-refractivity contribution in [3.05, 3.63) is 82.9 Å². The first kappa shape index (κ1) is 26.0. The Bertz CT molecular complexity index is 1270. The summed E-state index contributed by atoms with van der Waals surface area (Å²) in [5.41, 5.74) is 6.36. The lowest BCUT2D eigenvalue weighted by atomic mass is 9.74. The maximum Gasteiger partial charge on any atom is 0.347 e. The molecule has 0 radical (unpaired) electrons. The van der Waals surface area contributed by atoms with E-state index in [0.29, 0.717) is 5.06 Å². The van der Waals surface area contributed by atoms with Crippen LogP contribution in [-0.4, -0.2) is 50.8 Å². The Hall–Kier alpha value is -4.09. The number of anilines is 1. The van der Waals surface area contributed by atoms with Crippen molar-refractivity contribution in [2.45, 2.75) is 31.9 Å². The van der Waals surface area contributed by atoms with E-state index in [0.717, 1.165) is 22.5 Å². The highest BCUT2D eigenvalue weighted by Crippen LogP contribution is 2.38. The number of β-lactam (4-membered cyclic amide) rings is 1. The summed E-state index contributed by atoms with van der Waals surface area (Å²) < 4.78 is 5.69. The molecule has 1 fully saturated rings. The van der Waals surface area contributed by atoms with E-state index in [-0.39, 0.29) is 23.0 Å². The van der Waals surface area contributed by atoms with E-state index in [2.05, 4.69) is 10.1 Å². The Morgan fingerprint density at radius 3 is 2.24 bits per heavy atom. The number of carbonyl (C=O) groups is 3. The number of aromatic nitrogens is 1. The van der Waals surface area contributed by atoms with Gasteiger partial charge in [-0.15, -0.1) is 11.3 Å². The number of rotatable bonds is 10. The summed E-state index contributed by atoms with van der Waals surface area (Å²) in [6.07, 6.45) is -0.882. The van der Waals surface area contributed by atoms with Crippen molar-refractivity contribution in [3.8, 4) is 0 Å². The van der Waals surface area contributed by atoms with Crippen molar-refractivity contribution in [2.75, 3.05) is 12.3 Å². The molecule has 2 aromatic carbocycles. The molecule has 1 aliphatic rings. The number of nitrogen functional groups attached to an aromatic ring is 1. The minimum Gasteiger partial charge on any atom is -0.450 e. The van der Waals surface area contributed by atoms with Crippen LogP contribution in [0, 0.1) is 5.92 Å². The van der Waals surface area contributed by atoms with Crippen molar-refractivity contribution in [2.24, 2.45) is 11.1 Å². The molecular weight excluding hydrogens is 496 g/mol. The van der Waals surface area contributed by atoms with Gasteiger partial charge in [-0.05, 0) is 25.0 Å². The summed E-state index contributed by atoms with van der Waals surface area (Å²) in [6, 6.07) is 18.5. The zero-order valence-electron chi connectivity index (χ0n) is 20.2. The van der Waals surface area contributed by atoms with Crippen molar-refractivity contribution < 1.29 is 29.2 Å². The van der Waals surface area contributed by atoms with E-state index in [1.807, 2.05) is 60.7 Å². The molecule has 0 unspecified atom stereocenters. The normalized spacial score (nSPS) is 16.9. The van der Waals surface area contributed by atoms with Crippen LogP contribution < -0.4 is 5.73 Å². The first-order valence-electron chi connectivity index (χ1n) is 11.5. The molecule has 3 aromatic rings. The fourth-order valence-electron chi connectivity index (χ4n) is 3.97. The molecule has 11 heteroatoms. The highest BCUT2D eigenvalue weighted by molar-refractivity contribution is 7.13. The van der Waals surface area contributed by atoms with Gasteiger partial charge in [-0.1, -0.05) is 65.8 Å². The van der Waals surface area contributed by atoms with E-state index in [1.165, 1.54) is 5.38 Å². The van der Waals surface area contributed by atoms with Crippen LogP contribution in [0.25, 0.3) is 0 Å². The Labute approximate surface area is 217 Å². The predicted molar refractivity (Wildman–Crippen MR) is 136 cm³/mol. The zero-order valence-corrected chi connectivity index (χ0v) is 21.1. The third-order valence-electron chi connectivity index (χ3n) is 6.12. The van der Waals surface area contributed by atoms with Crippen LogP contribution >= 0.6 is 11.3 Å². The first-order valence-corrected chi connectivity index (χ1v) is 12.3. The van der Waals surface area contributed by atoms with Crippen LogP contribution in [0.2, 0.25) is 0 Å². The summed E-state index contributed by atoms with van der Waals surface area (Å²) in [5, 5.41) is 16.0. The summed E-state index contributed by atoms with van der Waals surface area (Å²) in [5.74, 6) is -2.54. The van der Waals surface area contributed by atoms with Gasteiger partial charge in [0.2, 0.25) is 6.61 Å². The van der Waals surface area contributed by atoms with Gasteiger partial charge in [0, 0.05) is 11.8 Å². The standard InChI is InChI=1S/C26H26N4O6S/c1-26(2)18(24(33)30(26)34)13-20(31)22(19-15-37-25(27)28-19)29-35-14-21(32)36-23(16-9-5-3-6-10-16)17-11-7-4-8-12-17/h3-12,15,18,23,34H,13-14H2,1-2H3,(H2,27,28)/b29-22-/t18-/m1/s1. The van der Waals surface area contributed by atoms with Gasteiger partial charge in [-0.3, -0.25) is 14.8 Å². The average molecular weight is 523 g/mol. The van der Waals surface area contributed by atoms with Gasteiger partial charge < -0.3 is 15.3 Å². The number of ketones is 1. The number of ether oxygens (including phenoxy) is 1. The molecule has 0 bridgehead atoms. The lowest BCUT2D eigenvalue weighted by molar-refractivity contribution is -0.242. The predicted octanol–water partition coefficient (Wildman–Crippen LogP) is 3.36. The molecule has 0 aliphatic carbocycles. The Morgan fingerprint density at radius 1 is 1.14 bits per heavy atom. The zero-order chi connectivity index (χ0) is 26.6. The fourth-order valence-corrected chi connectivity index (χ4v) is 4.52. The molecule has 1 saturated heterocycles. The smallest absolute Gasteiger partial charge is 0.347 e. The lowest BCUT2D eigenvalue weighted by Gasteiger charge is -2.49. The largest absolute Gasteiger partial charge is 0.450 e. The van der Waals surface area contributed by atoms with Crippen molar-refractivity contribution in [3.63, 3.8) is 0 Å². The van der Waals surface area contributed by atoms with Crippen LogP contribution in [0.1, 0.15) is 43.2 Å². The first-order chi connectivity index (χ1) is 17.7. The second-order valence-corrected chi connectivity index (χ2v) is 9.85. The van der Waals surface area contributed by atoms with Crippen molar-refractivity contribution >= 4 is 39.8 Å². The molecule has 10 nitrogen and oxygen atoms in total. The van der Waals surface area contributed by atoms with E-state index in [9.17, 15) is 19.6 Å². The number of hydrogen-bond donors (Lipinski definition) is 2. The van der Waals surface area contributed by atoms with Crippen LogP contribution in [0.3, 0.4) is 0 Å². The highest BCUT2D eigenvalue weighted by atomic mass is 32.1. The number of nitrogens with zero attached hydrogens (tertiary/aromatic N) is 3. The maximum atomic E-state index is 13.1. The fraction of sp³-hybridized carbons (Fsp3) is 0.269. The number of esters is 1. The maximum absolute atomic E-state index is 13.1. The Morgan fingerprint density at radius 2 is 1.73 bits per heavy atom. The summed E-state index contributed by atoms with van der Waals surface area (Å²) in [4.78, 5) is 47.1. The van der Waals surface area contributed by atoms with Gasteiger partial charge >= 0.3 is 5.97 Å². The molecule has 1 amide bonds. The van der Waals surface area contributed by atoms with Crippen LogP contribution in [0.15, 0.2) is 71.2 Å². The molecule has 1 atom stereocenters. The second-order valence-electron chi connectivity index (χ2n) is 8.96. The highest BCUT2D eigenvalue weighted by Gasteiger charge is 2.54. The monoisotopic (exact) mass is 522 g/mol. The molecule has 192 valence electrons. The third-order valence-corrected chi connectivity index (χ3v) is 6.79. The number of benzene rings is 2. The molecule has 1 aliphatic heterocycles. The number of Topliss-reactive ketones (excluding diaryl/α,β-unsaturated/α-hetero) is 1. The van der Waals surface area contributed by atoms with Gasteiger partial charge in [-0.2, -0.15) is 0 Å². The minimum absolute atomic E-state index is 0.165. The molecule has 0 spiro atoms. The summed E-state index contributed by atoms with van der Waals surface area (Å²) in [6.45, 7) is 2.73. The minimum atomic E-state index is -0.909. The number of nitrogens with two attached hydrogens (primary N) is 1.